The molecule has 10 heteroatoms. The molecule has 1 aliphatic rings. The van der Waals surface area contributed by atoms with Crippen LogP contribution in [0, 0.1) is 0 Å². The van der Waals surface area contributed by atoms with Crippen LogP contribution >= 0.6 is 11.8 Å². The molecule has 4 rings (SSSR count). The quantitative estimate of drug-likeness (QED) is 0.437. The molecule has 2 N–H and O–H groups in total. The Bertz CT molecular complexity index is 1260. The molecule has 31 heavy (non-hydrogen) atoms. The number of hydrogen-bond donors (Lipinski definition) is 1. The van der Waals surface area contributed by atoms with E-state index in [1.54, 1.807) is 6.92 Å². The van der Waals surface area contributed by atoms with Gasteiger partial charge in [0.25, 0.3) is 5.56 Å². The Hall–Kier alpha value is -3.14. The second kappa shape index (κ2) is 8.18. The Morgan fingerprint density at radius 1 is 1.16 bits per heavy atom. The van der Waals surface area contributed by atoms with Gasteiger partial charge < -0.3 is 10.3 Å². The average Bonchev–Trinajstić information content (AvgIpc) is 3.54. The number of nitrogen functional groups attached to an aromatic ring is 1. The van der Waals surface area contributed by atoms with Gasteiger partial charge in [-0.25, -0.2) is 4.79 Å². The van der Waals surface area contributed by atoms with Crippen molar-refractivity contribution >= 4 is 23.4 Å². The van der Waals surface area contributed by atoms with Crippen molar-refractivity contribution in [2.75, 3.05) is 5.73 Å². The summed E-state index contributed by atoms with van der Waals surface area (Å²) in [6.45, 7) is 2.31. The largest absolute Gasteiger partial charge is 0.384 e. The van der Waals surface area contributed by atoms with E-state index in [-0.39, 0.29) is 11.4 Å². The van der Waals surface area contributed by atoms with Gasteiger partial charge in [-0.05, 0) is 25.3 Å². The van der Waals surface area contributed by atoms with Crippen molar-refractivity contribution in [3.8, 4) is 0 Å². The molecule has 1 aliphatic carbocycles. The van der Waals surface area contributed by atoms with E-state index in [1.165, 1.54) is 25.9 Å². The van der Waals surface area contributed by atoms with Crippen LogP contribution < -0.4 is 17.0 Å². The van der Waals surface area contributed by atoms with Gasteiger partial charge in [0.1, 0.15) is 17.2 Å². The molecule has 3 aromatic rings. The Balaban J connectivity index is 1.65. The topological polar surface area (TPSA) is 118 Å². The Morgan fingerprint density at radius 3 is 2.48 bits per heavy atom. The minimum atomic E-state index is -0.692. The predicted molar refractivity (Wildman–Crippen MR) is 119 cm³/mol. The van der Waals surface area contributed by atoms with Gasteiger partial charge in [-0.3, -0.25) is 18.7 Å². The summed E-state index contributed by atoms with van der Waals surface area (Å²) in [6.07, 6.45) is 2.16. The van der Waals surface area contributed by atoms with Crippen molar-refractivity contribution in [1.29, 1.82) is 0 Å². The number of carbonyl (C=O) groups excluding carboxylic acids is 1. The second-order valence-corrected chi connectivity index (χ2v) is 9.09. The molecule has 1 unspecified atom stereocenters. The van der Waals surface area contributed by atoms with E-state index in [9.17, 15) is 14.4 Å². The molecule has 0 saturated heterocycles. The third kappa shape index (κ3) is 3.95. The number of hydrogen-bond acceptors (Lipinski definition) is 7. The summed E-state index contributed by atoms with van der Waals surface area (Å²) in [5.41, 5.74) is 5.62. The number of benzene rings is 1. The number of Topliss-reactive ketones (excluding diaryl/α,β-unsaturated/α-hetero) is 1. The second-order valence-electron chi connectivity index (χ2n) is 7.78. The van der Waals surface area contributed by atoms with Gasteiger partial charge in [-0.1, -0.05) is 42.1 Å². The fourth-order valence-corrected chi connectivity index (χ4v) is 4.37. The number of anilines is 1. The Labute approximate surface area is 182 Å². The lowest BCUT2D eigenvalue weighted by Crippen LogP contribution is -2.42. The number of carbonyl (C=O) groups is 1. The molecule has 162 valence electrons. The van der Waals surface area contributed by atoms with E-state index >= 15 is 0 Å². The van der Waals surface area contributed by atoms with Gasteiger partial charge in [-0.15, -0.1) is 10.2 Å². The van der Waals surface area contributed by atoms with Crippen LogP contribution in [0.3, 0.4) is 0 Å². The van der Waals surface area contributed by atoms with Crippen molar-refractivity contribution < 1.29 is 4.79 Å². The van der Waals surface area contributed by atoms with Crippen molar-refractivity contribution in [2.45, 2.75) is 42.6 Å². The van der Waals surface area contributed by atoms with Gasteiger partial charge >= 0.3 is 5.69 Å². The molecule has 1 fully saturated rings. The van der Waals surface area contributed by atoms with Crippen molar-refractivity contribution in [3.63, 3.8) is 0 Å². The molecular formula is C21H24N6O3S. The van der Waals surface area contributed by atoms with Crippen molar-refractivity contribution in [1.82, 2.24) is 23.9 Å². The molecule has 0 aliphatic heterocycles. The van der Waals surface area contributed by atoms with Gasteiger partial charge in [0, 0.05) is 20.0 Å². The average molecular weight is 441 g/mol. The van der Waals surface area contributed by atoms with E-state index in [1.807, 2.05) is 34.9 Å². The molecule has 1 aromatic carbocycles. The number of thioether (sulfide) groups is 1. The molecule has 0 amide bonds. The maximum Gasteiger partial charge on any atom is 0.332 e. The number of nitrogens with two attached hydrogens (primary N) is 1. The van der Waals surface area contributed by atoms with Gasteiger partial charge in [-0.2, -0.15) is 0 Å². The van der Waals surface area contributed by atoms with Crippen LogP contribution in [0.25, 0.3) is 0 Å². The zero-order valence-electron chi connectivity index (χ0n) is 17.6. The van der Waals surface area contributed by atoms with E-state index in [4.69, 9.17) is 5.73 Å². The molecular weight excluding hydrogens is 416 g/mol. The van der Waals surface area contributed by atoms with Gasteiger partial charge in [0.15, 0.2) is 10.9 Å². The summed E-state index contributed by atoms with van der Waals surface area (Å²) in [5.74, 6) is 0.739. The van der Waals surface area contributed by atoms with Crippen molar-refractivity contribution in [3.05, 3.63) is 68.1 Å². The summed E-state index contributed by atoms with van der Waals surface area (Å²) in [4.78, 5) is 37.8. The summed E-state index contributed by atoms with van der Waals surface area (Å²) in [6, 6.07) is 10.00. The lowest BCUT2D eigenvalue weighted by atomic mass is 10.1. The molecule has 2 heterocycles. The van der Waals surface area contributed by atoms with Gasteiger partial charge in [0.05, 0.1) is 11.8 Å². The number of nitrogens with zero attached hydrogens (tertiary/aromatic N) is 5. The van der Waals surface area contributed by atoms with E-state index in [0.29, 0.717) is 17.6 Å². The van der Waals surface area contributed by atoms with Crippen LogP contribution in [0.2, 0.25) is 0 Å². The lowest BCUT2D eigenvalue weighted by Gasteiger charge is -2.15. The Kier molecular flexibility index (Phi) is 5.57. The monoisotopic (exact) mass is 440 g/mol. The number of aromatic nitrogens is 5. The van der Waals surface area contributed by atoms with E-state index in [2.05, 4.69) is 10.2 Å². The molecule has 2 aromatic heterocycles. The first kappa shape index (κ1) is 21.1. The Morgan fingerprint density at radius 2 is 1.84 bits per heavy atom. The first-order valence-corrected chi connectivity index (χ1v) is 10.9. The zero-order chi connectivity index (χ0) is 22.3. The fraction of sp³-hybridized carbons (Fsp3) is 0.381. The third-order valence-electron chi connectivity index (χ3n) is 5.48. The summed E-state index contributed by atoms with van der Waals surface area (Å²) in [7, 11) is 2.77. The number of rotatable bonds is 7. The van der Waals surface area contributed by atoms with Crippen LogP contribution in [-0.2, 0) is 20.6 Å². The van der Waals surface area contributed by atoms with E-state index in [0.717, 1.165) is 33.4 Å². The first-order valence-electron chi connectivity index (χ1n) is 10.0. The van der Waals surface area contributed by atoms with Gasteiger partial charge in [0.2, 0.25) is 0 Å². The fourth-order valence-electron chi connectivity index (χ4n) is 3.45. The van der Waals surface area contributed by atoms with Crippen LogP contribution in [0.5, 0.6) is 0 Å². The summed E-state index contributed by atoms with van der Waals surface area (Å²) < 4.78 is 4.04. The highest BCUT2D eigenvalue weighted by Gasteiger charge is 2.32. The molecule has 0 bridgehead atoms. The maximum atomic E-state index is 13.1. The highest BCUT2D eigenvalue weighted by molar-refractivity contribution is 8.00. The zero-order valence-corrected chi connectivity index (χ0v) is 18.4. The molecule has 0 radical (unpaired) electrons. The minimum absolute atomic E-state index is 0.130. The predicted octanol–water partition coefficient (Wildman–Crippen LogP) is 1.55. The van der Waals surface area contributed by atoms with Crippen molar-refractivity contribution in [2.24, 2.45) is 14.1 Å². The van der Waals surface area contributed by atoms with Crippen LogP contribution in [-0.4, -0.2) is 34.9 Å². The highest BCUT2D eigenvalue weighted by atomic mass is 32.2. The highest BCUT2D eigenvalue weighted by Crippen LogP contribution is 2.40. The third-order valence-corrected chi connectivity index (χ3v) is 6.56. The normalized spacial score (nSPS) is 14.5. The standard InChI is InChI=1S/C21H24N6O3S/c1-12(16(28)15-17(22)25(2)21(30)26(3)19(15)29)31-20-24-23-18(14-9-10-14)27(20)11-13-7-5-4-6-8-13/h4-8,12,14H,9-11,22H2,1-3H3. The van der Waals surface area contributed by atoms with Crippen LogP contribution in [0.1, 0.15) is 47.4 Å². The molecule has 0 spiro atoms. The first-order chi connectivity index (χ1) is 14.8. The molecule has 9 nitrogen and oxygen atoms in total. The number of ketones is 1. The van der Waals surface area contributed by atoms with Crippen LogP contribution in [0.15, 0.2) is 45.1 Å². The van der Waals surface area contributed by atoms with Crippen LogP contribution in [0.4, 0.5) is 5.82 Å². The summed E-state index contributed by atoms with van der Waals surface area (Å²) in [5, 5.41) is 8.69. The smallest absolute Gasteiger partial charge is 0.332 e. The maximum absolute atomic E-state index is 13.1. The minimum Gasteiger partial charge on any atom is -0.384 e. The molecule has 1 saturated carbocycles. The summed E-state index contributed by atoms with van der Waals surface area (Å²) >= 11 is 1.24. The van der Waals surface area contributed by atoms with E-state index < -0.39 is 22.3 Å². The lowest BCUT2D eigenvalue weighted by molar-refractivity contribution is 0.0992. The molecule has 1 atom stereocenters. The SMILES string of the molecule is CC(Sc1nnc(C2CC2)n1Cc1ccccc1)C(=O)c1c(N)n(C)c(=O)n(C)c1=O.